The van der Waals surface area contributed by atoms with Crippen molar-refractivity contribution in [3.05, 3.63) is 47.4 Å². The Morgan fingerprint density at radius 2 is 1.94 bits per heavy atom. The van der Waals surface area contributed by atoms with Crippen LogP contribution >= 0.6 is 11.8 Å². The number of aryl methyl sites for hydroxylation is 2. The summed E-state index contributed by atoms with van der Waals surface area (Å²) in [5, 5.41) is 0.876. The fraction of sp³-hybridized carbons (Fsp3) is 0.154. The topological polar surface area (TPSA) is 38.9 Å². The lowest BCUT2D eigenvalue weighted by Gasteiger charge is -2.06. The summed E-state index contributed by atoms with van der Waals surface area (Å²) in [6.07, 6.45) is 0. The fourth-order valence-electron chi connectivity index (χ4n) is 1.58. The van der Waals surface area contributed by atoms with E-state index in [0.29, 0.717) is 5.69 Å². The quantitative estimate of drug-likeness (QED) is 0.826. The fourth-order valence-corrected chi connectivity index (χ4v) is 2.55. The highest BCUT2D eigenvalue weighted by Crippen LogP contribution is 2.31. The SMILES string of the molecule is Cc1cc(C)nc(Sc2ccc(F)cc2N)c1. The van der Waals surface area contributed by atoms with Crippen molar-refractivity contribution in [3.8, 4) is 0 Å². The number of aromatic nitrogens is 1. The monoisotopic (exact) mass is 248 g/mol. The van der Waals surface area contributed by atoms with Crippen LogP contribution in [0.4, 0.5) is 10.1 Å². The summed E-state index contributed by atoms with van der Waals surface area (Å²) in [7, 11) is 0. The van der Waals surface area contributed by atoms with Crippen LogP contribution in [0, 0.1) is 19.7 Å². The maximum Gasteiger partial charge on any atom is 0.125 e. The molecule has 0 radical (unpaired) electrons. The summed E-state index contributed by atoms with van der Waals surface area (Å²) >= 11 is 1.45. The standard InChI is InChI=1S/C13H13FN2S/c1-8-5-9(2)16-13(6-8)17-12-4-3-10(14)7-11(12)15/h3-7H,15H2,1-2H3. The van der Waals surface area contributed by atoms with Crippen LogP contribution in [0.5, 0.6) is 0 Å². The summed E-state index contributed by atoms with van der Waals surface area (Å²) in [5.74, 6) is -0.319. The minimum absolute atomic E-state index is 0.319. The van der Waals surface area contributed by atoms with Gasteiger partial charge < -0.3 is 5.73 Å². The number of nitrogens with two attached hydrogens (primary N) is 1. The molecular weight excluding hydrogens is 235 g/mol. The highest BCUT2D eigenvalue weighted by Gasteiger charge is 2.05. The average Bonchev–Trinajstić information content (AvgIpc) is 2.21. The van der Waals surface area contributed by atoms with Gasteiger partial charge >= 0.3 is 0 Å². The molecule has 0 aliphatic carbocycles. The normalized spacial score (nSPS) is 10.5. The van der Waals surface area contributed by atoms with E-state index in [9.17, 15) is 4.39 Å². The van der Waals surface area contributed by atoms with Crippen LogP contribution in [0.3, 0.4) is 0 Å². The van der Waals surface area contributed by atoms with Crippen LogP contribution in [0.1, 0.15) is 11.3 Å². The van der Waals surface area contributed by atoms with Gasteiger partial charge in [0, 0.05) is 16.3 Å². The number of nitrogen functional groups attached to an aromatic ring is 1. The highest BCUT2D eigenvalue weighted by molar-refractivity contribution is 7.99. The van der Waals surface area contributed by atoms with Gasteiger partial charge in [-0.3, -0.25) is 0 Å². The Balaban J connectivity index is 2.31. The minimum Gasteiger partial charge on any atom is -0.398 e. The molecule has 0 fully saturated rings. The van der Waals surface area contributed by atoms with Gasteiger partial charge in [0.15, 0.2) is 0 Å². The van der Waals surface area contributed by atoms with Crippen LogP contribution < -0.4 is 5.73 Å². The molecule has 0 spiro atoms. The maximum atomic E-state index is 12.9. The van der Waals surface area contributed by atoms with Gasteiger partial charge in [0.2, 0.25) is 0 Å². The smallest absolute Gasteiger partial charge is 0.125 e. The summed E-state index contributed by atoms with van der Waals surface area (Å²) in [6, 6.07) is 8.40. The molecule has 0 aliphatic rings. The van der Waals surface area contributed by atoms with Gasteiger partial charge in [-0.2, -0.15) is 0 Å². The lowest BCUT2D eigenvalue weighted by molar-refractivity contribution is 0.627. The van der Waals surface area contributed by atoms with Gasteiger partial charge in [-0.25, -0.2) is 9.37 Å². The summed E-state index contributed by atoms with van der Waals surface area (Å²) < 4.78 is 12.9. The van der Waals surface area contributed by atoms with Gasteiger partial charge in [0.1, 0.15) is 10.8 Å². The molecule has 4 heteroatoms. The van der Waals surface area contributed by atoms with E-state index in [1.807, 2.05) is 26.0 Å². The summed E-state index contributed by atoms with van der Waals surface area (Å²) in [5.41, 5.74) is 8.32. The summed E-state index contributed by atoms with van der Waals surface area (Å²) in [4.78, 5) is 5.23. The van der Waals surface area contributed by atoms with Crippen LogP contribution in [-0.2, 0) is 0 Å². The molecule has 1 aromatic carbocycles. The lowest BCUT2D eigenvalue weighted by atomic mass is 10.3. The van der Waals surface area contributed by atoms with Crippen LogP contribution in [-0.4, -0.2) is 4.98 Å². The van der Waals surface area contributed by atoms with Gasteiger partial charge in [0.25, 0.3) is 0 Å². The molecule has 88 valence electrons. The first kappa shape index (κ1) is 11.9. The third-order valence-corrected chi connectivity index (χ3v) is 3.27. The largest absolute Gasteiger partial charge is 0.398 e. The van der Waals surface area contributed by atoms with E-state index in [0.717, 1.165) is 21.2 Å². The molecule has 0 bridgehead atoms. The Labute approximate surface area is 104 Å². The van der Waals surface area contributed by atoms with Crippen LogP contribution in [0.15, 0.2) is 40.3 Å². The number of hydrogen-bond donors (Lipinski definition) is 1. The number of rotatable bonds is 2. The van der Waals surface area contributed by atoms with Gasteiger partial charge in [-0.15, -0.1) is 0 Å². The van der Waals surface area contributed by atoms with E-state index in [1.165, 1.54) is 23.9 Å². The van der Waals surface area contributed by atoms with E-state index in [4.69, 9.17) is 5.73 Å². The van der Waals surface area contributed by atoms with E-state index >= 15 is 0 Å². The first-order chi connectivity index (χ1) is 8.04. The van der Waals surface area contributed by atoms with Crippen LogP contribution in [0.25, 0.3) is 0 Å². The summed E-state index contributed by atoms with van der Waals surface area (Å²) in [6.45, 7) is 3.97. The Kier molecular flexibility index (Phi) is 3.33. The molecule has 0 amide bonds. The van der Waals surface area contributed by atoms with Crippen molar-refractivity contribution in [2.24, 2.45) is 0 Å². The second-order valence-corrected chi connectivity index (χ2v) is 4.97. The van der Waals surface area contributed by atoms with Gasteiger partial charge in [0.05, 0.1) is 0 Å². The highest BCUT2D eigenvalue weighted by atomic mass is 32.2. The van der Waals surface area contributed by atoms with Crippen LogP contribution in [0.2, 0.25) is 0 Å². The molecule has 2 aromatic rings. The van der Waals surface area contributed by atoms with E-state index < -0.39 is 0 Å². The number of benzene rings is 1. The lowest BCUT2D eigenvalue weighted by Crippen LogP contribution is -1.91. The third kappa shape index (κ3) is 2.97. The van der Waals surface area contributed by atoms with Gasteiger partial charge in [-0.05, 0) is 49.7 Å². The Morgan fingerprint density at radius 3 is 2.59 bits per heavy atom. The van der Waals surface area contributed by atoms with Gasteiger partial charge in [-0.1, -0.05) is 11.8 Å². The predicted octanol–water partition coefficient (Wildman–Crippen LogP) is 3.57. The van der Waals surface area contributed by atoms with E-state index in [-0.39, 0.29) is 5.82 Å². The number of halogens is 1. The first-order valence-corrected chi connectivity index (χ1v) is 6.04. The number of nitrogens with zero attached hydrogens (tertiary/aromatic N) is 1. The van der Waals surface area contributed by atoms with Crippen molar-refractivity contribution in [2.75, 3.05) is 5.73 Å². The van der Waals surface area contributed by atoms with E-state index in [2.05, 4.69) is 4.98 Å². The second-order valence-electron chi connectivity index (χ2n) is 3.91. The average molecular weight is 248 g/mol. The maximum absolute atomic E-state index is 12.9. The zero-order chi connectivity index (χ0) is 12.4. The number of pyridine rings is 1. The minimum atomic E-state index is -0.319. The number of hydrogen-bond acceptors (Lipinski definition) is 3. The van der Waals surface area contributed by atoms with Crippen molar-refractivity contribution < 1.29 is 4.39 Å². The third-order valence-electron chi connectivity index (χ3n) is 2.26. The Morgan fingerprint density at radius 1 is 1.18 bits per heavy atom. The Hall–Kier alpha value is -1.55. The molecule has 0 saturated carbocycles. The Bertz CT molecular complexity index is 535. The second kappa shape index (κ2) is 4.75. The molecule has 0 atom stereocenters. The molecule has 0 saturated heterocycles. The molecule has 0 unspecified atom stereocenters. The first-order valence-electron chi connectivity index (χ1n) is 5.23. The molecule has 0 aliphatic heterocycles. The molecule has 2 nitrogen and oxygen atoms in total. The molecule has 1 heterocycles. The molecule has 2 rings (SSSR count). The molecule has 2 N–H and O–H groups in total. The van der Waals surface area contributed by atoms with Crippen molar-refractivity contribution in [2.45, 2.75) is 23.8 Å². The van der Waals surface area contributed by atoms with E-state index in [1.54, 1.807) is 6.07 Å². The van der Waals surface area contributed by atoms with Crippen molar-refractivity contribution in [1.82, 2.24) is 4.98 Å². The van der Waals surface area contributed by atoms with Crippen molar-refractivity contribution in [3.63, 3.8) is 0 Å². The molecule has 17 heavy (non-hydrogen) atoms. The number of anilines is 1. The zero-order valence-electron chi connectivity index (χ0n) is 9.70. The molecular formula is C13H13FN2S. The van der Waals surface area contributed by atoms with Crippen molar-refractivity contribution >= 4 is 17.4 Å². The zero-order valence-corrected chi connectivity index (χ0v) is 10.5. The molecule has 1 aromatic heterocycles. The predicted molar refractivity (Wildman–Crippen MR) is 68.6 cm³/mol. The van der Waals surface area contributed by atoms with Crippen molar-refractivity contribution in [1.29, 1.82) is 0 Å².